The summed E-state index contributed by atoms with van der Waals surface area (Å²) in [5, 5.41) is 12.0. The SMILES string of the molecule is CC1(C)c2cc(-c3nc(-c4ccc5ccccc5c4)nc(-c4ccc5ccccc5c4)n3)ccc2-c2cc3ccccc3cc21.CC1(C)c2ccccc2-c2ccc(-c3nc(-c4ccc(-c5ccccc5)cc4)nc(-c4ccc(-c5ccccc5)cc4)n3)cc21.CC1(C)c2ccccc2-c2ccc(-c3nc(-c4ccc5ccccc5c4)nc(-c4ccc5ccccc5c4)n3)cc21. The Morgan fingerprint density at radius 1 is 0.122 bits per heavy atom. The van der Waals surface area contributed by atoms with Crippen LogP contribution in [0.5, 0.6) is 0 Å². The number of hydrogen-bond donors (Lipinski definition) is 0. The molecular formula is C122H87N9. The molecule has 0 N–H and O–H groups in total. The summed E-state index contributed by atoms with van der Waals surface area (Å²) < 4.78 is 0. The van der Waals surface area contributed by atoms with E-state index in [-0.39, 0.29) is 16.2 Å². The van der Waals surface area contributed by atoms with Gasteiger partial charge in [0.2, 0.25) is 0 Å². The van der Waals surface area contributed by atoms with Crippen molar-refractivity contribution in [3.05, 3.63) is 452 Å². The van der Waals surface area contributed by atoms with E-state index in [2.05, 4.69) is 448 Å². The lowest BCUT2D eigenvalue weighted by Gasteiger charge is -2.22. The maximum absolute atomic E-state index is 5.11. The predicted octanol–water partition coefficient (Wildman–Crippen LogP) is 30.6. The number of rotatable bonds is 11. The summed E-state index contributed by atoms with van der Waals surface area (Å²) in [5.74, 6) is 6.03. The van der Waals surface area contributed by atoms with Crippen LogP contribution in [0, 0.1) is 0 Å². The molecule has 0 aliphatic heterocycles. The molecule has 19 aromatic carbocycles. The fourth-order valence-electron chi connectivity index (χ4n) is 19.7. The largest absolute Gasteiger partial charge is 0.208 e. The second kappa shape index (κ2) is 32.1. The van der Waals surface area contributed by atoms with Crippen molar-refractivity contribution in [3.8, 4) is 158 Å². The van der Waals surface area contributed by atoms with Crippen LogP contribution in [-0.2, 0) is 16.2 Å². The van der Waals surface area contributed by atoms with Gasteiger partial charge in [0.15, 0.2) is 52.4 Å². The highest BCUT2D eigenvalue weighted by molar-refractivity contribution is 5.96. The van der Waals surface area contributed by atoms with Crippen LogP contribution >= 0.6 is 0 Å². The third kappa shape index (κ3) is 14.5. The summed E-state index contributed by atoms with van der Waals surface area (Å²) in [6, 6.07) is 148. The molecule has 3 aliphatic rings. The summed E-state index contributed by atoms with van der Waals surface area (Å²) >= 11 is 0. The molecule has 3 heterocycles. The minimum atomic E-state index is -0.153. The molecule has 0 radical (unpaired) electrons. The van der Waals surface area contributed by atoms with Gasteiger partial charge in [0.05, 0.1) is 0 Å². The maximum Gasteiger partial charge on any atom is 0.164 e. The van der Waals surface area contributed by atoms with Gasteiger partial charge in [-0.15, -0.1) is 0 Å². The van der Waals surface area contributed by atoms with Crippen LogP contribution in [0.4, 0.5) is 0 Å². The molecule has 0 amide bonds. The molecule has 0 saturated heterocycles. The topological polar surface area (TPSA) is 116 Å². The maximum atomic E-state index is 5.11. The fraction of sp³-hybridized carbons (Fsp3) is 0.0738. The zero-order valence-electron chi connectivity index (χ0n) is 73.4. The summed E-state index contributed by atoms with van der Waals surface area (Å²) in [7, 11) is 0. The van der Waals surface area contributed by atoms with E-state index >= 15 is 0 Å². The van der Waals surface area contributed by atoms with Gasteiger partial charge in [-0.2, -0.15) is 0 Å². The van der Waals surface area contributed by atoms with E-state index in [0.29, 0.717) is 52.4 Å². The van der Waals surface area contributed by atoms with Crippen LogP contribution in [0.3, 0.4) is 0 Å². The number of benzene rings is 19. The van der Waals surface area contributed by atoms with Crippen molar-refractivity contribution in [3.63, 3.8) is 0 Å². The van der Waals surface area contributed by atoms with Crippen molar-refractivity contribution in [2.75, 3.05) is 0 Å². The van der Waals surface area contributed by atoms with Crippen LogP contribution < -0.4 is 0 Å². The lowest BCUT2D eigenvalue weighted by molar-refractivity contribution is 0.660. The Morgan fingerprint density at radius 3 is 0.626 bits per heavy atom. The first kappa shape index (κ1) is 79.2. The number of nitrogens with zero attached hydrogens (tertiary/aromatic N) is 9. The van der Waals surface area contributed by atoms with Crippen molar-refractivity contribution in [2.45, 2.75) is 57.8 Å². The van der Waals surface area contributed by atoms with Crippen LogP contribution in [0.1, 0.15) is 74.9 Å². The van der Waals surface area contributed by atoms with Crippen molar-refractivity contribution < 1.29 is 0 Å². The highest BCUT2D eigenvalue weighted by atomic mass is 15.1. The Bertz CT molecular complexity index is 8010. The van der Waals surface area contributed by atoms with Crippen LogP contribution in [0.15, 0.2) is 419 Å². The molecule has 0 bridgehead atoms. The first-order valence-corrected chi connectivity index (χ1v) is 44.9. The number of hydrogen-bond acceptors (Lipinski definition) is 9. The third-order valence-corrected chi connectivity index (χ3v) is 26.9. The molecule has 0 fully saturated rings. The first-order chi connectivity index (χ1) is 64.1. The molecule has 9 nitrogen and oxygen atoms in total. The van der Waals surface area contributed by atoms with Crippen molar-refractivity contribution >= 4 is 53.9 Å². The Hall–Kier alpha value is -16.5. The lowest BCUT2D eigenvalue weighted by atomic mass is 9.81. The molecule has 0 atom stereocenters. The van der Waals surface area contributed by atoms with Crippen molar-refractivity contribution in [2.24, 2.45) is 0 Å². The Balaban J connectivity index is 0.000000112. The predicted molar refractivity (Wildman–Crippen MR) is 539 cm³/mol. The molecule has 131 heavy (non-hydrogen) atoms. The Morgan fingerprint density at radius 2 is 0.313 bits per heavy atom. The van der Waals surface area contributed by atoms with Gasteiger partial charge < -0.3 is 0 Å². The van der Waals surface area contributed by atoms with E-state index in [4.69, 9.17) is 44.9 Å². The normalized spacial score (nSPS) is 13.1. The Labute approximate surface area is 761 Å². The first-order valence-electron chi connectivity index (χ1n) is 44.9. The molecule has 0 spiro atoms. The van der Waals surface area contributed by atoms with Crippen LogP contribution in [-0.4, -0.2) is 44.9 Å². The highest BCUT2D eigenvalue weighted by Crippen LogP contribution is 2.54. The van der Waals surface area contributed by atoms with E-state index in [1.165, 1.54) is 110 Å². The van der Waals surface area contributed by atoms with Crippen molar-refractivity contribution in [1.82, 2.24) is 44.9 Å². The summed E-state index contributed by atoms with van der Waals surface area (Å²) in [6.45, 7) is 13.9. The monoisotopic (exact) mass is 1680 g/mol. The van der Waals surface area contributed by atoms with Gasteiger partial charge >= 0.3 is 0 Å². The van der Waals surface area contributed by atoms with Gasteiger partial charge in [-0.1, -0.05) is 406 Å². The highest BCUT2D eigenvalue weighted by Gasteiger charge is 2.39. The zero-order chi connectivity index (χ0) is 88.1. The van der Waals surface area contributed by atoms with E-state index < -0.39 is 0 Å². The van der Waals surface area contributed by atoms with E-state index in [0.717, 1.165) is 82.7 Å². The fourth-order valence-corrected chi connectivity index (χ4v) is 19.7. The quantitative estimate of drug-likeness (QED) is 0.125. The molecule has 9 heteroatoms. The molecular weight excluding hydrogens is 1590 g/mol. The van der Waals surface area contributed by atoms with Gasteiger partial charge in [0, 0.05) is 66.3 Å². The average Bonchev–Trinajstić information content (AvgIpc) is 1.59. The van der Waals surface area contributed by atoms with Gasteiger partial charge in [-0.05, 0) is 197 Å². The molecule has 22 aromatic rings. The number of fused-ring (bicyclic) bond motifs is 14. The molecule has 3 aromatic heterocycles. The summed E-state index contributed by atoms with van der Waals surface area (Å²) in [6.07, 6.45) is 0. The van der Waals surface area contributed by atoms with Gasteiger partial charge in [0.25, 0.3) is 0 Å². The number of aromatic nitrogens is 9. The third-order valence-electron chi connectivity index (χ3n) is 26.9. The molecule has 25 rings (SSSR count). The Kier molecular flexibility index (Phi) is 19.4. The smallest absolute Gasteiger partial charge is 0.164 e. The average molecular weight is 1680 g/mol. The molecule has 0 unspecified atom stereocenters. The van der Waals surface area contributed by atoms with Gasteiger partial charge in [0.1, 0.15) is 0 Å². The van der Waals surface area contributed by atoms with Gasteiger partial charge in [-0.3, -0.25) is 0 Å². The lowest BCUT2D eigenvalue weighted by Crippen LogP contribution is -2.15. The van der Waals surface area contributed by atoms with Crippen LogP contribution in [0.25, 0.3) is 212 Å². The van der Waals surface area contributed by atoms with Gasteiger partial charge in [-0.25, -0.2) is 44.9 Å². The van der Waals surface area contributed by atoms with E-state index in [1.54, 1.807) is 0 Å². The van der Waals surface area contributed by atoms with Crippen LogP contribution in [0.2, 0.25) is 0 Å². The molecule has 620 valence electrons. The minimum absolute atomic E-state index is 0.0999. The zero-order valence-corrected chi connectivity index (χ0v) is 73.4. The summed E-state index contributed by atoms with van der Waals surface area (Å²) in [5.41, 5.74) is 28.8. The second-order valence-corrected chi connectivity index (χ2v) is 36.0. The molecule has 3 aliphatic carbocycles. The summed E-state index contributed by atoms with van der Waals surface area (Å²) in [4.78, 5) is 45.6. The van der Waals surface area contributed by atoms with E-state index in [1.807, 2.05) is 12.1 Å². The van der Waals surface area contributed by atoms with E-state index in [9.17, 15) is 0 Å². The van der Waals surface area contributed by atoms with Crippen molar-refractivity contribution in [1.29, 1.82) is 0 Å². The second-order valence-electron chi connectivity index (χ2n) is 36.0. The standard InChI is InChI=1S/C42H29N3.C42H31N3.C38H27N3/c1-42(2)37-25-34(19-20-35(37)36-23-30-13-7-8-14-31(30)24-38(36)42)41-44-39(32-17-15-26-9-3-5-11-28(26)21-32)43-40(45-41)33-18-16-27-10-4-6-12-29(27)22-33;1-42(2)37-16-10-9-15-35(37)36-26-25-34(27-38(36)42)41-44-39(32-21-17-30(18-22-32)28-11-5-3-6-12-28)43-40(45-41)33-23-19-31(20-24-33)29-13-7-4-8-14-29;1-38(2)33-14-8-7-13-31(33)32-20-19-30(23-34(32)38)37-40-35(28-17-15-24-9-3-5-11-26(24)21-28)39-36(41-37)29-18-16-25-10-4-6-12-27(25)22-29/h3-25H,1-2H3;3-27H,1-2H3;3-23H,1-2H3. The molecule has 0 saturated carbocycles. The minimum Gasteiger partial charge on any atom is -0.208 e.